The highest BCUT2D eigenvalue weighted by atomic mass is 16.6. The summed E-state index contributed by atoms with van der Waals surface area (Å²) in [5, 5.41) is 19.9. The minimum absolute atomic E-state index is 0.0532. The van der Waals surface area contributed by atoms with Gasteiger partial charge in [0.05, 0.1) is 4.92 Å². The zero-order valence-electron chi connectivity index (χ0n) is 10.8. The normalized spacial score (nSPS) is 10.1. The molecule has 1 heterocycles. The summed E-state index contributed by atoms with van der Waals surface area (Å²) in [5.74, 6) is 0.109. The first kappa shape index (κ1) is 13.5. The molecule has 1 amide bonds. The largest absolute Gasteiger partial charge is 0.383 e. The van der Waals surface area contributed by atoms with Gasteiger partial charge in [-0.2, -0.15) is 0 Å². The molecule has 104 valence electrons. The maximum Gasteiger partial charge on any atom is 0.305 e. The molecular weight excluding hydrogens is 264 g/mol. The van der Waals surface area contributed by atoms with E-state index < -0.39 is 10.8 Å². The molecule has 20 heavy (non-hydrogen) atoms. The van der Waals surface area contributed by atoms with Crippen molar-refractivity contribution >= 4 is 23.1 Å². The molecule has 2 aromatic rings. The molecule has 0 fully saturated rings. The van der Waals surface area contributed by atoms with E-state index in [0.717, 1.165) is 0 Å². The number of hydrogen-bond acceptors (Lipinski definition) is 6. The maximum absolute atomic E-state index is 12.1. The average Bonchev–Trinajstić information content (AvgIpc) is 2.82. The van der Waals surface area contributed by atoms with E-state index in [9.17, 15) is 14.9 Å². The molecule has 8 nitrogen and oxygen atoms in total. The lowest BCUT2D eigenvalue weighted by Gasteiger charge is -2.06. The van der Waals surface area contributed by atoms with Gasteiger partial charge in [0.1, 0.15) is 17.0 Å². The number of amides is 1. The second kappa shape index (κ2) is 5.39. The van der Waals surface area contributed by atoms with Crippen LogP contribution in [0, 0.1) is 17.0 Å². The molecule has 0 aliphatic heterocycles. The number of nitrogens with one attached hydrogen (secondary N) is 2. The standard InChI is InChI=1S/C12H12N4O4/c1-7-6-10(15-20-7)14-12(17)8-4-3-5-9(13-2)11(8)16(18)19/h3-6,13H,1-2H3,(H,14,15,17). The van der Waals surface area contributed by atoms with E-state index in [-0.39, 0.29) is 22.8 Å². The Hall–Kier alpha value is -2.90. The van der Waals surface area contributed by atoms with Crippen molar-refractivity contribution in [2.45, 2.75) is 6.92 Å². The van der Waals surface area contributed by atoms with Crippen molar-refractivity contribution in [3.8, 4) is 0 Å². The Bertz CT molecular complexity index is 665. The van der Waals surface area contributed by atoms with E-state index in [1.807, 2.05) is 0 Å². The van der Waals surface area contributed by atoms with Crippen LogP contribution in [0.5, 0.6) is 0 Å². The zero-order valence-corrected chi connectivity index (χ0v) is 10.8. The van der Waals surface area contributed by atoms with Crippen LogP contribution in [-0.2, 0) is 0 Å². The highest BCUT2D eigenvalue weighted by Gasteiger charge is 2.24. The first-order chi connectivity index (χ1) is 9.52. The Morgan fingerprint density at radius 1 is 1.45 bits per heavy atom. The van der Waals surface area contributed by atoms with E-state index >= 15 is 0 Å². The van der Waals surface area contributed by atoms with Gasteiger partial charge in [-0.25, -0.2) is 0 Å². The van der Waals surface area contributed by atoms with Crippen LogP contribution < -0.4 is 10.6 Å². The van der Waals surface area contributed by atoms with Gasteiger partial charge in [0.15, 0.2) is 5.82 Å². The minimum atomic E-state index is -0.623. The Morgan fingerprint density at radius 2 is 2.20 bits per heavy atom. The van der Waals surface area contributed by atoms with Crippen molar-refractivity contribution in [1.29, 1.82) is 0 Å². The second-order valence-electron chi connectivity index (χ2n) is 3.99. The summed E-state index contributed by atoms with van der Waals surface area (Å²) in [5.41, 5.74) is -0.0748. The van der Waals surface area contributed by atoms with Gasteiger partial charge in [-0.3, -0.25) is 14.9 Å². The van der Waals surface area contributed by atoms with Crippen molar-refractivity contribution in [3.05, 3.63) is 45.7 Å². The highest BCUT2D eigenvalue weighted by Crippen LogP contribution is 2.28. The van der Waals surface area contributed by atoms with Crippen LogP contribution >= 0.6 is 0 Å². The van der Waals surface area contributed by atoms with Gasteiger partial charge in [0, 0.05) is 13.1 Å². The van der Waals surface area contributed by atoms with E-state index in [1.54, 1.807) is 20.0 Å². The molecule has 2 rings (SSSR count). The third kappa shape index (κ3) is 2.58. The average molecular weight is 276 g/mol. The molecule has 1 aromatic heterocycles. The third-order valence-electron chi connectivity index (χ3n) is 2.60. The summed E-state index contributed by atoms with van der Waals surface area (Å²) < 4.78 is 4.81. The quantitative estimate of drug-likeness (QED) is 0.654. The predicted octanol–water partition coefficient (Wildman–Crippen LogP) is 2.19. The number of carbonyl (C=O) groups excluding carboxylic acids is 1. The lowest BCUT2D eigenvalue weighted by molar-refractivity contribution is -0.384. The predicted molar refractivity (Wildman–Crippen MR) is 71.8 cm³/mol. The molecular formula is C12H12N4O4. The zero-order chi connectivity index (χ0) is 14.7. The smallest absolute Gasteiger partial charge is 0.305 e. The molecule has 0 saturated carbocycles. The van der Waals surface area contributed by atoms with Crippen molar-refractivity contribution in [3.63, 3.8) is 0 Å². The van der Waals surface area contributed by atoms with Crippen LogP contribution in [0.1, 0.15) is 16.1 Å². The highest BCUT2D eigenvalue weighted by molar-refractivity contribution is 6.08. The molecule has 0 unspecified atom stereocenters. The molecule has 0 bridgehead atoms. The summed E-state index contributed by atoms with van der Waals surface area (Å²) >= 11 is 0. The van der Waals surface area contributed by atoms with Gasteiger partial charge in [-0.15, -0.1) is 0 Å². The van der Waals surface area contributed by atoms with Crippen molar-refractivity contribution < 1.29 is 14.2 Å². The molecule has 8 heteroatoms. The topological polar surface area (TPSA) is 110 Å². The summed E-state index contributed by atoms with van der Waals surface area (Å²) in [7, 11) is 1.55. The first-order valence-corrected chi connectivity index (χ1v) is 5.72. The molecule has 0 radical (unpaired) electrons. The summed E-state index contributed by atoms with van der Waals surface area (Å²) in [6, 6.07) is 5.98. The number of nitro groups is 1. The fraction of sp³-hybridized carbons (Fsp3) is 0.167. The number of para-hydroxylation sites is 1. The molecule has 0 spiro atoms. The van der Waals surface area contributed by atoms with Crippen molar-refractivity contribution in [2.24, 2.45) is 0 Å². The number of aromatic nitrogens is 1. The Kier molecular flexibility index (Phi) is 3.65. The van der Waals surface area contributed by atoms with Crippen LogP contribution in [0.4, 0.5) is 17.2 Å². The molecule has 0 saturated heterocycles. The number of aryl methyl sites for hydroxylation is 1. The number of nitrogens with zero attached hydrogens (tertiary/aromatic N) is 2. The summed E-state index contributed by atoms with van der Waals surface area (Å²) in [6.45, 7) is 1.67. The fourth-order valence-electron chi connectivity index (χ4n) is 1.73. The van der Waals surface area contributed by atoms with Crippen molar-refractivity contribution in [1.82, 2.24) is 5.16 Å². The maximum atomic E-state index is 12.1. The Labute approximate surface area is 113 Å². The van der Waals surface area contributed by atoms with Crippen LogP contribution in [0.3, 0.4) is 0 Å². The summed E-state index contributed by atoms with van der Waals surface area (Å²) in [4.78, 5) is 22.6. The second-order valence-corrected chi connectivity index (χ2v) is 3.99. The van der Waals surface area contributed by atoms with Gasteiger partial charge in [-0.05, 0) is 19.1 Å². The molecule has 1 aromatic carbocycles. The van der Waals surface area contributed by atoms with E-state index in [1.165, 1.54) is 18.2 Å². The number of rotatable bonds is 4. The number of nitro benzene ring substituents is 1. The summed E-state index contributed by atoms with van der Waals surface area (Å²) in [6.07, 6.45) is 0. The lowest BCUT2D eigenvalue weighted by Crippen LogP contribution is -2.15. The van der Waals surface area contributed by atoms with Crippen LogP contribution in [0.25, 0.3) is 0 Å². The number of carbonyl (C=O) groups is 1. The van der Waals surface area contributed by atoms with Crippen LogP contribution in [0.15, 0.2) is 28.8 Å². The number of anilines is 2. The molecule has 2 N–H and O–H groups in total. The van der Waals surface area contributed by atoms with E-state index in [0.29, 0.717) is 5.76 Å². The Morgan fingerprint density at radius 3 is 2.75 bits per heavy atom. The molecule has 0 aliphatic rings. The van der Waals surface area contributed by atoms with Gasteiger partial charge in [0.25, 0.3) is 5.91 Å². The first-order valence-electron chi connectivity index (χ1n) is 5.72. The number of hydrogen-bond donors (Lipinski definition) is 2. The van der Waals surface area contributed by atoms with Gasteiger partial charge < -0.3 is 15.2 Å². The van der Waals surface area contributed by atoms with Crippen LogP contribution in [-0.4, -0.2) is 23.0 Å². The third-order valence-corrected chi connectivity index (χ3v) is 2.60. The fourth-order valence-corrected chi connectivity index (χ4v) is 1.73. The van der Waals surface area contributed by atoms with Gasteiger partial charge in [0.2, 0.25) is 0 Å². The van der Waals surface area contributed by atoms with Gasteiger partial charge >= 0.3 is 5.69 Å². The van der Waals surface area contributed by atoms with E-state index in [4.69, 9.17) is 4.52 Å². The Balaban J connectivity index is 2.36. The lowest BCUT2D eigenvalue weighted by atomic mass is 10.1. The van der Waals surface area contributed by atoms with E-state index in [2.05, 4.69) is 15.8 Å². The van der Waals surface area contributed by atoms with Crippen LogP contribution in [0.2, 0.25) is 0 Å². The minimum Gasteiger partial charge on any atom is -0.383 e. The van der Waals surface area contributed by atoms with Gasteiger partial charge in [-0.1, -0.05) is 11.2 Å². The monoisotopic (exact) mass is 276 g/mol. The molecule has 0 atom stereocenters. The number of benzene rings is 1. The SMILES string of the molecule is CNc1cccc(C(=O)Nc2cc(C)on2)c1[N+](=O)[O-]. The molecule has 0 aliphatic carbocycles. The van der Waals surface area contributed by atoms with Crippen molar-refractivity contribution in [2.75, 3.05) is 17.7 Å².